The van der Waals surface area contributed by atoms with Gasteiger partial charge in [-0.3, -0.25) is 4.79 Å². The minimum absolute atomic E-state index is 0.236. The van der Waals surface area contributed by atoms with E-state index in [1.807, 2.05) is 0 Å². The molecule has 0 aromatic carbocycles. The number of aliphatic hydroxyl groups excluding tert-OH is 11. The minimum Gasteiger partial charge on any atom is -0.394 e. The average molecular weight is 1320 g/mol. The first kappa shape index (κ1) is 84.8. The lowest BCUT2D eigenvalue weighted by Crippen LogP contribution is -2.66. The lowest BCUT2D eigenvalue weighted by atomic mass is 9.96. The first-order chi connectivity index (χ1) is 44.8. The number of unbranched alkanes of at least 4 members (excludes halogenated alkanes) is 42. The molecule has 0 aromatic heterocycles. The number of rotatable bonds is 60. The van der Waals surface area contributed by atoms with Crippen molar-refractivity contribution in [1.82, 2.24) is 5.32 Å². The van der Waals surface area contributed by atoms with Crippen molar-refractivity contribution in [3.05, 3.63) is 12.2 Å². The maximum Gasteiger partial charge on any atom is 0.220 e. The molecule has 3 aliphatic heterocycles. The van der Waals surface area contributed by atoms with Gasteiger partial charge in [0.2, 0.25) is 5.91 Å². The molecule has 0 aliphatic carbocycles. The second-order valence-electron chi connectivity index (χ2n) is 27.5. The van der Waals surface area contributed by atoms with Gasteiger partial charge in [-0.15, -0.1) is 0 Å². The van der Waals surface area contributed by atoms with E-state index in [0.29, 0.717) is 12.8 Å². The van der Waals surface area contributed by atoms with Crippen LogP contribution in [0.4, 0.5) is 0 Å². The Morgan fingerprint density at radius 1 is 0.380 bits per heavy atom. The molecule has 3 fully saturated rings. The van der Waals surface area contributed by atoms with Crippen molar-refractivity contribution < 1.29 is 89.4 Å². The van der Waals surface area contributed by atoms with E-state index in [1.54, 1.807) is 0 Å². The van der Waals surface area contributed by atoms with E-state index >= 15 is 0 Å². The Balaban J connectivity index is 1.35. The van der Waals surface area contributed by atoms with Gasteiger partial charge in [0.15, 0.2) is 18.9 Å². The predicted octanol–water partition coefficient (Wildman–Crippen LogP) is 11.2. The summed E-state index contributed by atoms with van der Waals surface area (Å²) < 4.78 is 34.5. The fourth-order valence-electron chi connectivity index (χ4n) is 13.2. The van der Waals surface area contributed by atoms with Crippen LogP contribution in [0.5, 0.6) is 0 Å². The van der Waals surface area contributed by atoms with Crippen molar-refractivity contribution in [2.75, 3.05) is 26.4 Å². The molecule has 3 heterocycles. The molecule has 3 saturated heterocycles. The van der Waals surface area contributed by atoms with Crippen molar-refractivity contribution in [2.45, 2.75) is 420 Å². The zero-order valence-corrected chi connectivity index (χ0v) is 57.8. The monoisotopic (exact) mass is 1320 g/mol. The molecule has 0 saturated carbocycles. The summed E-state index contributed by atoms with van der Waals surface area (Å²) in [6, 6.07) is -0.883. The number of aliphatic hydroxyl groups is 11. The molecule has 0 spiro atoms. The van der Waals surface area contributed by atoms with Gasteiger partial charge in [0.25, 0.3) is 0 Å². The Labute approximate surface area is 556 Å². The topological polar surface area (TPSA) is 307 Å². The molecule has 0 bridgehead atoms. The van der Waals surface area contributed by atoms with Crippen LogP contribution < -0.4 is 5.32 Å². The Morgan fingerprint density at radius 3 is 1.05 bits per heavy atom. The van der Waals surface area contributed by atoms with Crippen molar-refractivity contribution in [2.24, 2.45) is 0 Å². The SMILES string of the molecule is CCCCCCCCCC/C=C\CCCCCCCCCCCCCCCCCCCCCC(=O)NC(COC1OC(CO)C(OC2OC(CO)C(OC3OC(CO)C(O)C(O)C3O)C(O)C2O)C(O)C1O)C(O)CCCCCCCCCCCCCCCCCC. The molecule has 19 heteroatoms. The summed E-state index contributed by atoms with van der Waals surface area (Å²) in [4.78, 5) is 13.5. The Bertz CT molecular complexity index is 1720. The Morgan fingerprint density at radius 2 is 0.685 bits per heavy atom. The lowest BCUT2D eigenvalue weighted by molar-refractivity contribution is -0.379. The van der Waals surface area contributed by atoms with Gasteiger partial charge in [0.05, 0.1) is 38.6 Å². The van der Waals surface area contributed by atoms with E-state index in [4.69, 9.17) is 28.4 Å². The van der Waals surface area contributed by atoms with E-state index in [1.165, 1.54) is 238 Å². The quantitative estimate of drug-likeness (QED) is 0.0199. The number of ether oxygens (including phenoxy) is 6. The van der Waals surface area contributed by atoms with Crippen LogP contribution in [0.3, 0.4) is 0 Å². The highest BCUT2D eigenvalue weighted by molar-refractivity contribution is 5.76. The highest BCUT2D eigenvalue weighted by Crippen LogP contribution is 2.33. The zero-order valence-electron chi connectivity index (χ0n) is 57.8. The Kier molecular flexibility index (Phi) is 51.0. The number of nitrogens with one attached hydrogen (secondary N) is 1. The molecule has 92 heavy (non-hydrogen) atoms. The van der Waals surface area contributed by atoms with Gasteiger partial charge >= 0.3 is 0 Å². The number of allylic oxidation sites excluding steroid dienone is 2. The third kappa shape index (κ3) is 36.4. The van der Waals surface area contributed by atoms with Crippen LogP contribution in [0.25, 0.3) is 0 Å². The van der Waals surface area contributed by atoms with Crippen LogP contribution in [0.15, 0.2) is 12.2 Å². The van der Waals surface area contributed by atoms with E-state index in [9.17, 15) is 61.0 Å². The van der Waals surface area contributed by atoms with E-state index in [2.05, 4.69) is 31.3 Å². The summed E-state index contributed by atoms with van der Waals surface area (Å²) in [7, 11) is 0. The maximum absolute atomic E-state index is 13.5. The normalized spacial score (nSPS) is 27.7. The summed E-state index contributed by atoms with van der Waals surface area (Å²) in [6.45, 7) is 1.84. The second kappa shape index (κ2) is 55.4. The first-order valence-corrected chi connectivity index (χ1v) is 37.9. The summed E-state index contributed by atoms with van der Waals surface area (Å²) >= 11 is 0. The summed E-state index contributed by atoms with van der Waals surface area (Å²) in [5, 5.41) is 121. The molecule has 19 nitrogen and oxygen atoms in total. The van der Waals surface area contributed by atoms with Gasteiger partial charge < -0.3 is 89.9 Å². The molecule has 544 valence electrons. The van der Waals surface area contributed by atoms with Crippen molar-refractivity contribution in [1.29, 1.82) is 0 Å². The van der Waals surface area contributed by atoms with Crippen LogP contribution in [0, 0.1) is 0 Å². The van der Waals surface area contributed by atoms with Gasteiger partial charge in [-0.2, -0.15) is 0 Å². The minimum atomic E-state index is -1.97. The number of carbonyl (C=O) groups is 1. The smallest absolute Gasteiger partial charge is 0.220 e. The molecular weight excluding hydrogens is 1180 g/mol. The highest BCUT2D eigenvalue weighted by Gasteiger charge is 2.53. The highest BCUT2D eigenvalue weighted by atomic mass is 16.8. The lowest BCUT2D eigenvalue weighted by Gasteiger charge is -2.48. The molecule has 12 N–H and O–H groups in total. The number of carbonyl (C=O) groups excluding carboxylic acids is 1. The fraction of sp³-hybridized carbons (Fsp3) is 0.959. The van der Waals surface area contributed by atoms with Gasteiger partial charge in [-0.05, 0) is 38.5 Å². The number of hydrogen-bond acceptors (Lipinski definition) is 18. The van der Waals surface area contributed by atoms with Gasteiger partial charge in [0, 0.05) is 6.42 Å². The number of hydrogen-bond donors (Lipinski definition) is 12. The van der Waals surface area contributed by atoms with E-state index in [0.717, 1.165) is 44.9 Å². The largest absolute Gasteiger partial charge is 0.394 e. The standard InChI is InChI=1S/C73H139NO18/c1-3-5-7-9-11-13-15-17-19-21-22-23-24-25-26-27-28-29-30-31-32-33-34-35-37-39-41-43-45-47-49-51-61(79)74-56(57(78)50-48-46-44-42-40-38-36-20-18-16-14-12-10-8-6-4-2)55-87-71-67(85)64(82)69(59(53-76)89-71)92-73-68(86)65(83)70(60(54-77)90-73)91-72-66(84)63(81)62(80)58(52-75)88-72/h21-22,56-60,62-73,75-78,80-86H,3-20,23-55H2,1-2H3,(H,74,79)/b22-21-. The summed E-state index contributed by atoms with van der Waals surface area (Å²) in [5.74, 6) is -0.236. The van der Waals surface area contributed by atoms with Gasteiger partial charge in [-0.1, -0.05) is 283 Å². The molecule has 0 radical (unpaired) electrons. The summed E-state index contributed by atoms with van der Waals surface area (Å²) in [5.41, 5.74) is 0. The van der Waals surface area contributed by atoms with Gasteiger partial charge in [0.1, 0.15) is 73.2 Å². The van der Waals surface area contributed by atoms with E-state index in [-0.39, 0.29) is 18.9 Å². The molecule has 3 rings (SSSR count). The van der Waals surface area contributed by atoms with Crippen LogP contribution >= 0.6 is 0 Å². The molecule has 0 aromatic rings. The van der Waals surface area contributed by atoms with Crippen LogP contribution in [-0.2, 0) is 33.2 Å². The third-order valence-electron chi connectivity index (χ3n) is 19.3. The fourth-order valence-corrected chi connectivity index (χ4v) is 13.2. The van der Waals surface area contributed by atoms with Crippen LogP contribution in [-0.4, -0.2) is 193 Å². The average Bonchev–Trinajstić information content (AvgIpc) is 0.834. The Hall–Kier alpha value is -1.47. The molecule has 1 amide bonds. The van der Waals surface area contributed by atoms with E-state index < -0.39 is 124 Å². The third-order valence-corrected chi connectivity index (χ3v) is 19.3. The van der Waals surface area contributed by atoms with Gasteiger partial charge in [-0.25, -0.2) is 0 Å². The van der Waals surface area contributed by atoms with Crippen molar-refractivity contribution >= 4 is 5.91 Å². The second-order valence-corrected chi connectivity index (χ2v) is 27.5. The number of amides is 1. The van der Waals surface area contributed by atoms with Crippen molar-refractivity contribution in [3.8, 4) is 0 Å². The molecule has 17 atom stereocenters. The van der Waals surface area contributed by atoms with Crippen LogP contribution in [0.2, 0.25) is 0 Å². The first-order valence-electron chi connectivity index (χ1n) is 37.9. The molecular formula is C73H139NO18. The van der Waals surface area contributed by atoms with Crippen LogP contribution in [0.1, 0.15) is 316 Å². The van der Waals surface area contributed by atoms with Crippen molar-refractivity contribution in [3.63, 3.8) is 0 Å². The maximum atomic E-state index is 13.5. The predicted molar refractivity (Wildman–Crippen MR) is 360 cm³/mol. The summed E-state index contributed by atoms with van der Waals surface area (Å²) in [6.07, 6.45) is 35.9. The molecule has 17 unspecified atom stereocenters. The zero-order chi connectivity index (χ0) is 66.8. The molecule has 3 aliphatic rings.